The molecular formula is C18H17N7O5S. The molecule has 0 radical (unpaired) electrons. The highest BCUT2D eigenvalue weighted by Gasteiger charge is 2.25. The Kier molecular flexibility index (Phi) is 5.68. The number of rotatable bonds is 5. The van der Waals surface area contributed by atoms with Gasteiger partial charge in [0.05, 0.1) is 17.0 Å². The van der Waals surface area contributed by atoms with Crippen LogP contribution in [0.25, 0.3) is 10.9 Å². The maximum atomic E-state index is 13.1. The highest BCUT2D eigenvalue weighted by Crippen LogP contribution is 2.23. The van der Waals surface area contributed by atoms with E-state index < -0.39 is 10.5 Å². The van der Waals surface area contributed by atoms with E-state index in [-0.39, 0.29) is 29.6 Å². The molecule has 2 N–H and O–H groups in total. The molecule has 0 atom stereocenters. The van der Waals surface area contributed by atoms with Crippen LogP contribution in [0.3, 0.4) is 0 Å². The summed E-state index contributed by atoms with van der Waals surface area (Å²) in [6, 6.07) is 5.14. The van der Waals surface area contributed by atoms with Gasteiger partial charge in [0.25, 0.3) is 11.6 Å². The third-order valence-electron chi connectivity index (χ3n) is 4.90. The molecule has 3 heterocycles. The molecule has 0 spiro atoms. The highest BCUT2D eigenvalue weighted by atomic mass is 32.1. The Morgan fingerprint density at radius 1 is 1.23 bits per heavy atom. The van der Waals surface area contributed by atoms with E-state index in [9.17, 15) is 24.5 Å². The Hall–Kier alpha value is -3.71. The van der Waals surface area contributed by atoms with Crippen molar-refractivity contribution >= 4 is 44.9 Å². The summed E-state index contributed by atoms with van der Waals surface area (Å²) in [6.45, 7) is 1.80. The fourth-order valence-corrected chi connectivity index (χ4v) is 3.86. The maximum Gasteiger partial charge on any atom is 0.270 e. The van der Waals surface area contributed by atoms with Gasteiger partial charge in [-0.15, -0.1) is 10.2 Å². The molecule has 1 aliphatic rings. The van der Waals surface area contributed by atoms with Gasteiger partial charge in [-0.25, -0.2) is 0 Å². The average Bonchev–Trinajstić information content (AvgIpc) is 3.25. The second-order valence-corrected chi connectivity index (χ2v) is 7.73. The number of H-pyrrole nitrogens is 1. The van der Waals surface area contributed by atoms with Crippen molar-refractivity contribution in [3.05, 3.63) is 55.8 Å². The lowest BCUT2D eigenvalue weighted by Gasteiger charge is -2.34. The van der Waals surface area contributed by atoms with Crippen molar-refractivity contribution < 1.29 is 14.5 Å². The SMILES string of the molecule is O=C(CN1CCN(C(=O)c2cc(=O)[nH]c3ccc([N+](=O)[O-])cc23)CC1)Nc1nncs1. The van der Waals surface area contributed by atoms with E-state index in [1.165, 1.54) is 35.0 Å². The predicted octanol–water partition coefficient (Wildman–Crippen LogP) is 0.684. The monoisotopic (exact) mass is 443 g/mol. The van der Waals surface area contributed by atoms with Crippen LogP contribution in [0.15, 0.2) is 34.6 Å². The van der Waals surface area contributed by atoms with Crippen LogP contribution in [0.1, 0.15) is 10.4 Å². The minimum atomic E-state index is -0.551. The van der Waals surface area contributed by atoms with Crippen LogP contribution in [0.5, 0.6) is 0 Å². The number of hydrogen-bond donors (Lipinski definition) is 2. The molecule has 1 fully saturated rings. The fraction of sp³-hybridized carbons (Fsp3) is 0.278. The Morgan fingerprint density at radius 3 is 2.68 bits per heavy atom. The van der Waals surface area contributed by atoms with E-state index in [0.717, 1.165) is 6.07 Å². The molecule has 0 aliphatic carbocycles. The molecule has 0 bridgehead atoms. The lowest BCUT2D eigenvalue weighted by Crippen LogP contribution is -2.50. The molecule has 3 aromatic rings. The molecular weight excluding hydrogens is 426 g/mol. The van der Waals surface area contributed by atoms with Crippen molar-refractivity contribution in [2.24, 2.45) is 0 Å². The molecule has 1 aromatic carbocycles. The number of benzene rings is 1. The number of fused-ring (bicyclic) bond motifs is 1. The maximum absolute atomic E-state index is 13.1. The van der Waals surface area contributed by atoms with Crippen LogP contribution in [0.2, 0.25) is 0 Å². The molecule has 0 saturated carbocycles. The molecule has 0 unspecified atom stereocenters. The second kappa shape index (κ2) is 8.57. The third-order valence-corrected chi connectivity index (χ3v) is 5.51. The van der Waals surface area contributed by atoms with Gasteiger partial charge in [0.1, 0.15) is 5.51 Å². The summed E-state index contributed by atoms with van der Waals surface area (Å²) >= 11 is 1.22. The fourth-order valence-electron chi connectivity index (χ4n) is 3.40. The first-order valence-electron chi connectivity index (χ1n) is 9.30. The molecule has 31 heavy (non-hydrogen) atoms. The zero-order valence-corrected chi connectivity index (χ0v) is 16.9. The normalized spacial score (nSPS) is 14.5. The van der Waals surface area contributed by atoms with E-state index in [1.807, 2.05) is 4.90 Å². The van der Waals surface area contributed by atoms with Gasteiger partial charge in [-0.3, -0.25) is 34.7 Å². The Bertz CT molecular complexity index is 1200. The summed E-state index contributed by atoms with van der Waals surface area (Å²) in [4.78, 5) is 53.8. The Morgan fingerprint density at radius 2 is 2.00 bits per heavy atom. The number of carbonyl (C=O) groups is 2. The lowest BCUT2D eigenvalue weighted by atomic mass is 10.1. The largest absolute Gasteiger partial charge is 0.336 e. The first-order chi connectivity index (χ1) is 14.9. The molecule has 12 nitrogen and oxygen atoms in total. The van der Waals surface area contributed by atoms with Crippen LogP contribution < -0.4 is 10.9 Å². The minimum absolute atomic E-state index is 0.116. The van der Waals surface area contributed by atoms with Gasteiger partial charge in [-0.2, -0.15) is 0 Å². The van der Waals surface area contributed by atoms with E-state index >= 15 is 0 Å². The number of nitro groups is 1. The van der Waals surface area contributed by atoms with Crippen LogP contribution in [-0.2, 0) is 4.79 Å². The first kappa shape index (κ1) is 20.6. The van der Waals surface area contributed by atoms with Crippen LogP contribution >= 0.6 is 11.3 Å². The van der Waals surface area contributed by atoms with Crippen LogP contribution in [0, 0.1) is 10.1 Å². The number of pyridine rings is 1. The van der Waals surface area contributed by atoms with E-state index in [1.54, 1.807) is 4.90 Å². The summed E-state index contributed by atoms with van der Waals surface area (Å²) in [6.07, 6.45) is 0. The third kappa shape index (κ3) is 4.57. The summed E-state index contributed by atoms with van der Waals surface area (Å²) in [5.41, 5.74) is 1.36. The Labute approximate surface area is 178 Å². The highest BCUT2D eigenvalue weighted by molar-refractivity contribution is 7.13. The first-order valence-corrected chi connectivity index (χ1v) is 10.2. The van der Waals surface area contributed by atoms with Gasteiger partial charge >= 0.3 is 0 Å². The number of aromatic nitrogens is 3. The van der Waals surface area contributed by atoms with Crippen molar-refractivity contribution in [3.8, 4) is 0 Å². The molecule has 160 valence electrons. The van der Waals surface area contributed by atoms with Gasteiger partial charge in [-0.1, -0.05) is 11.3 Å². The van der Waals surface area contributed by atoms with Crippen LogP contribution in [-0.4, -0.2) is 74.4 Å². The van der Waals surface area contributed by atoms with E-state index in [0.29, 0.717) is 42.2 Å². The van der Waals surface area contributed by atoms with Crippen molar-refractivity contribution in [2.75, 3.05) is 38.0 Å². The zero-order valence-electron chi connectivity index (χ0n) is 16.1. The Balaban J connectivity index is 1.45. The summed E-state index contributed by atoms with van der Waals surface area (Å²) in [5.74, 6) is -0.598. The zero-order chi connectivity index (χ0) is 22.0. The average molecular weight is 443 g/mol. The molecule has 2 aromatic heterocycles. The van der Waals surface area contributed by atoms with E-state index in [2.05, 4.69) is 20.5 Å². The molecule has 13 heteroatoms. The van der Waals surface area contributed by atoms with Gasteiger partial charge in [-0.05, 0) is 6.07 Å². The number of anilines is 1. The van der Waals surface area contributed by atoms with Gasteiger partial charge in [0.2, 0.25) is 16.6 Å². The number of piperazine rings is 1. The van der Waals surface area contributed by atoms with E-state index in [4.69, 9.17) is 0 Å². The van der Waals surface area contributed by atoms with Crippen LogP contribution in [0.4, 0.5) is 10.8 Å². The molecule has 1 aliphatic heterocycles. The summed E-state index contributed by atoms with van der Waals surface area (Å²) in [5, 5.41) is 21.9. The van der Waals surface area contributed by atoms with Crippen molar-refractivity contribution in [1.82, 2.24) is 25.0 Å². The number of nitrogens with one attached hydrogen (secondary N) is 2. The minimum Gasteiger partial charge on any atom is -0.336 e. The summed E-state index contributed by atoms with van der Waals surface area (Å²) < 4.78 is 0. The van der Waals surface area contributed by atoms with Gasteiger partial charge in [0.15, 0.2) is 0 Å². The molecule has 1 saturated heterocycles. The van der Waals surface area contributed by atoms with Crippen molar-refractivity contribution in [1.29, 1.82) is 0 Å². The number of amides is 2. The number of nitro benzene ring substituents is 1. The second-order valence-electron chi connectivity index (χ2n) is 6.89. The number of hydrogen-bond acceptors (Lipinski definition) is 9. The molecule has 2 amide bonds. The number of nitrogens with zero attached hydrogens (tertiary/aromatic N) is 5. The topological polar surface area (TPSA) is 154 Å². The van der Waals surface area contributed by atoms with Gasteiger partial charge < -0.3 is 9.88 Å². The number of aromatic amines is 1. The predicted molar refractivity (Wildman–Crippen MR) is 112 cm³/mol. The number of carbonyl (C=O) groups excluding carboxylic acids is 2. The van der Waals surface area contributed by atoms with Crippen molar-refractivity contribution in [3.63, 3.8) is 0 Å². The smallest absolute Gasteiger partial charge is 0.270 e. The van der Waals surface area contributed by atoms with Crippen molar-refractivity contribution in [2.45, 2.75) is 0 Å². The number of non-ortho nitro benzene ring substituents is 1. The standard InChI is InChI=1S/C18H17N7O5S/c26-15-8-13(12-7-11(25(29)30)1-2-14(12)20-15)17(28)24-5-3-23(4-6-24)9-16(27)21-18-22-19-10-31-18/h1-2,7-8,10H,3-6,9H2,(H,20,26)(H,21,22,27). The quantitative estimate of drug-likeness (QED) is 0.431. The molecule has 4 rings (SSSR count). The summed E-state index contributed by atoms with van der Waals surface area (Å²) in [7, 11) is 0. The lowest BCUT2D eigenvalue weighted by molar-refractivity contribution is -0.384. The van der Waals surface area contributed by atoms with Gasteiger partial charge in [0, 0.05) is 55.3 Å².